The summed E-state index contributed by atoms with van der Waals surface area (Å²) in [7, 11) is 0. The molecule has 4 heteroatoms. The zero-order valence-corrected chi connectivity index (χ0v) is 15.8. The third-order valence-electron chi connectivity index (χ3n) is 6.49. The molecule has 0 bridgehead atoms. The second-order valence-corrected chi connectivity index (χ2v) is 8.43. The molecule has 0 spiro atoms. The minimum absolute atomic E-state index is 0.122. The van der Waals surface area contributed by atoms with Gasteiger partial charge < -0.3 is 10.0 Å². The van der Waals surface area contributed by atoms with Crippen molar-refractivity contribution in [3.63, 3.8) is 0 Å². The van der Waals surface area contributed by atoms with Crippen molar-refractivity contribution in [2.45, 2.75) is 64.3 Å². The van der Waals surface area contributed by atoms with Gasteiger partial charge in [-0.1, -0.05) is 6.07 Å². The van der Waals surface area contributed by atoms with Gasteiger partial charge in [0.05, 0.1) is 6.10 Å². The van der Waals surface area contributed by atoms with Crippen LogP contribution in [0.3, 0.4) is 0 Å². The molecule has 1 unspecified atom stereocenters. The fourth-order valence-electron chi connectivity index (χ4n) is 4.92. The van der Waals surface area contributed by atoms with E-state index in [1.54, 1.807) is 0 Å². The van der Waals surface area contributed by atoms with Gasteiger partial charge in [-0.3, -0.25) is 9.80 Å². The van der Waals surface area contributed by atoms with E-state index in [4.69, 9.17) is 0 Å². The number of aliphatic hydroxyl groups excluding tert-OH is 1. The first kappa shape index (κ1) is 17.3. The minimum Gasteiger partial charge on any atom is -0.392 e. The predicted molar refractivity (Wildman–Crippen MR) is 103 cm³/mol. The molecule has 0 aliphatic carbocycles. The van der Waals surface area contributed by atoms with E-state index >= 15 is 0 Å². The van der Waals surface area contributed by atoms with Crippen molar-refractivity contribution in [1.29, 1.82) is 0 Å². The van der Waals surface area contributed by atoms with Crippen molar-refractivity contribution in [3.8, 4) is 0 Å². The highest BCUT2D eigenvalue weighted by atomic mass is 16.3. The molecule has 138 valence electrons. The number of rotatable bonds is 3. The summed E-state index contributed by atoms with van der Waals surface area (Å²) in [6, 6.07) is 8.17. The molecule has 3 fully saturated rings. The van der Waals surface area contributed by atoms with Crippen molar-refractivity contribution < 1.29 is 5.11 Å². The molecule has 1 N–H and O–H groups in total. The van der Waals surface area contributed by atoms with Crippen molar-refractivity contribution in [2.75, 3.05) is 37.6 Å². The maximum Gasteiger partial charge on any atom is 0.0682 e. The Morgan fingerprint density at radius 2 is 1.88 bits per heavy atom. The van der Waals surface area contributed by atoms with Gasteiger partial charge in [-0.2, -0.15) is 0 Å². The van der Waals surface area contributed by atoms with E-state index in [0.29, 0.717) is 12.1 Å². The third kappa shape index (κ3) is 3.71. The van der Waals surface area contributed by atoms with Gasteiger partial charge in [0.15, 0.2) is 0 Å². The van der Waals surface area contributed by atoms with Crippen molar-refractivity contribution in [2.24, 2.45) is 0 Å². The van der Waals surface area contributed by atoms with Crippen molar-refractivity contribution in [1.82, 2.24) is 9.80 Å². The number of hydrogen-bond acceptors (Lipinski definition) is 4. The highest BCUT2D eigenvalue weighted by Gasteiger charge is 2.38. The van der Waals surface area contributed by atoms with Gasteiger partial charge in [0.25, 0.3) is 0 Å². The summed E-state index contributed by atoms with van der Waals surface area (Å²) in [5.74, 6) is 0. The predicted octanol–water partition coefficient (Wildman–Crippen LogP) is 2.62. The zero-order valence-electron chi connectivity index (χ0n) is 15.8. The Balaban J connectivity index is 1.43. The quantitative estimate of drug-likeness (QED) is 0.914. The lowest BCUT2D eigenvalue weighted by Gasteiger charge is -2.42. The molecule has 3 aliphatic heterocycles. The van der Waals surface area contributed by atoms with Gasteiger partial charge in [-0.25, -0.2) is 0 Å². The first-order chi connectivity index (χ1) is 12.1. The normalized spacial score (nSPS) is 31.3. The summed E-state index contributed by atoms with van der Waals surface area (Å²) in [4.78, 5) is 7.64. The van der Waals surface area contributed by atoms with Gasteiger partial charge in [0.1, 0.15) is 0 Å². The first-order valence-electron chi connectivity index (χ1n) is 10.1. The van der Waals surface area contributed by atoms with Crippen LogP contribution in [0.1, 0.15) is 43.7 Å². The number of fused-ring (bicyclic) bond motifs is 1. The molecule has 0 saturated carbocycles. The van der Waals surface area contributed by atoms with Crippen LogP contribution in [0.25, 0.3) is 0 Å². The van der Waals surface area contributed by atoms with Gasteiger partial charge in [-0.05, 0) is 62.8 Å². The Hall–Kier alpha value is -1.10. The van der Waals surface area contributed by atoms with Crippen LogP contribution in [0.5, 0.6) is 0 Å². The maximum atomic E-state index is 9.96. The molecule has 3 saturated heterocycles. The summed E-state index contributed by atoms with van der Waals surface area (Å²) in [5.41, 5.74) is 4.28. The molecule has 25 heavy (non-hydrogen) atoms. The highest BCUT2D eigenvalue weighted by molar-refractivity contribution is 5.51. The number of hydrogen-bond donors (Lipinski definition) is 1. The van der Waals surface area contributed by atoms with Crippen LogP contribution in [0.15, 0.2) is 18.2 Å². The van der Waals surface area contributed by atoms with Crippen molar-refractivity contribution in [3.05, 3.63) is 29.3 Å². The molecule has 0 amide bonds. The lowest BCUT2D eigenvalue weighted by Crippen LogP contribution is -2.54. The molecular formula is C21H33N3O. The second-order valence-electron chi connectivity index (χ2n) is 8.43. The van der Waals surface area contributed by atoms with Gasteiger partial charge in [-0.15, -0.1) is 0 Å². The molecular weight excluding hydrogens is 310 g/mol. The summed E-state index contributed by atoms with van der Waals surface area (Å²) in [6.07, 6.45) is 4.86. The molecule has 4 nitrogen and oxygen atoms in total. The lowest BCUT2D eigenvalue weighted by atomic mass is 10.0. The number of piperazine rings is 1. The van der Waals surface area contributed by atoms with E-state index in [9.17, 15) is 5.11 Å². The van der Waals surface area contributed by atoms with E-state index in [1.807, 2.05) is 0 Å². The summed E-state index contributed by atoms with van der Waals surface area (Å²) in [6.45, 7) is 11.1. The van der Waals surface area contributed by atoms with Crippen LogP contribution < -0.4 is 4.90 Å². The van der Waals surface area contributed by atoms with E-state index in [1.165, 1.54) is 49.2 Å². The molecule has 0 aromatic heterocycles. The summed E-state index contributed by atoms with van der Waals surface area (Å²) < 4.78 is 0. The molecule has 1 aromatic carbocycles. The lowest BCUT2D eigenvalue weighted by molar-refractivity contribution is 0.0527. The molecule has 3 aliphatic rings. The van der Waals surface area contributed by atoms with Gasteiger partial charge >= 0.3 is 0 Å². The first-order valence-corrected chi connectivity index (χ1v) is 10.1. The van der Waals surface area contributed by atoms with Crippen LogP contribution in [0, 0.1) is 6.92 Å². The molecule has 0 radical (unpaired) electrons. The maximum absolute atomic E-state index is 9.96. The summed E-state index contributed by atoms with van der Waals surface area (Å²) in [5, 5.41) is 9.96. The SMILES string of the molecule is Cc1cc(N2CCCCC2)ccc1CN1CC2C[C@@H](O)CN2C[C@@H]1C. The molecule has 1 aromatic rings. The van der Waals surface area contributed by atoms with Crippen LogP contribution in [-0.2, 0) is 6.54 Å². The smallest absolute Gasteiger partial charge is 0.0682 e. The number of piperidine rings is 1. The van der Waals surface area contributed by atoms with E-state index in [-0.39, 0.29) is 6.10 Å². The zero-order chi connectivity index (χ0) is 17.4. The number of anilines is 1. The number of aliphatic hydroxyl groups is 1. The topological polar surface area (TPSA) is 30.0 Å². The average molecular weight is 344 g/mol. The highest BCUT2D eigenvalue weighted by Crippen LogP contribution is 2.28. The van der Waals surface area contributed by atoms with Gasteiger partial charge in [0.2, 0.25) is 0 Å². The molecule has 4 rings (SSSR count). The number of aryl methyl sites for hydroxylation is 1. The van der Waals surface area contributed by atoms with Crippen LogP contribution in [0.2, 0.25) is 0 Å². The van der Waals surface area contributed by atoms with E-state index in [0.717, 1.165) is 32.6 Å². The Morgan fingerprint density at radius 3 is 2.64 bits per heavy atom. The molecule has 3 heterocycles. The Kier molecular flexibility index (Phi) is 5.03. The Morgan fingerprint density at radius 1 is 1.08 bits per heavy atom. The Bertz CT molecular complexity index is 599. The third-order valence-corrected chi connectivity index (χ3v) is 6.49. The monoisotopic (exact) mass is 343 g/mol. The summed E-state index contributed by atoms with van der Waals surface area (Å²) >= 11 is 0. The van der Waals surface area contributed by atoms with Crippen LogP contribution >= 0.6 is 0 Å². The van der Waals surface area contributed by atoms with E-state index < -0.39 is 0 Å². The van der Waals surface area contributed by atoms with Crippen molar-refractivity contribution >= 4 is 5.69 Å². The largest absolute Gasteiger partial charge is 0.392 e. The number of nitrogens with zero attached hydrogens (tertiary/aromatic N) is 3. The fourth-order valence-corrected chi connectivity index (χ4v) is 4.92. The molecule has 3 atom stereocenters. The number of benzene rings is 1. The van der Waals surface area contributed by atoms with Gasteiger partial charge in [0, 0.05) is 57.0 Å². The van der Waals surface area contributed by atoms with Crippen LogP contribution in [-0.4, -0.2) is 65.8 Å². The Labute approximate surface area is 152 Å². The van der Waals surface area contributed by atoms with Crippen LogP contribution in [0.4, 0.5) is 5.69 Å². The average Bonchev–Trinajstić information content (AvgIpc) is 2.96. The minimum atomic E-state index is -0.122. The van der Waals surface area contributed by atoms with E-state index in [2.05, 4.69) is 46.7 Å². The fraction of sp³-hybridized carbons (Fsp3) is 0.714. The standard InChI is InChI=1S/C21H33N3O/c1-16-10-19(22-8-4-3-5-9-22)7-6-18(16)13-23-14-20-11-21(25)15-24(20)12-17(23)2/h6-7,10,17,20-21,25H,3-5,8-9,11-15H2,1-2H3/t17-,20?,21+/m0/s1. The second kappa shape index (κ2) is 7.26.